The summed E-state index contributed by atoms with van der Waals surface area (Å²) in [6.07, 6.45) is 1.21. The molecule has 1 fully saturated rings. The molecule has 1 saturated heterocycles. The van der Waals surface area contributed by atoms with Crippen molar-refractivity contribution in [2.75, 3.05) is 19.7 Å². The number of carbonyl (C=O) groups excluding carboxylic acids is 1. The van der Waals surface area contributed by atoms with Gasteiger partial charge in [0.25, 0.3) is 0 Å². The number of carbonyl (C=O) groups is 2. The second-order valence-corrected chi connectivity index (χ2v) is 5.70. The van der Waals surface area contributed by atoms with Crippen LogP contribution in [0.5, 0.6) is 0 Å². The molecule has 2 heterocycles. The van der Waals surface area contributed by atoms with Crippen LogP contribution in [0.1, 0.15) is 23.8 Å². The van der Waals surface area contributed by atoms with Crippen molar-refractivity contribution in [3.63, 3.8) is 0 Å². The van der Waals surface area contributed by atoms with Gasteiger partial charge in [0.15, 0.2) is 0 Å². The molecule has 0 radical (unpaired) electrons. The van der Waals surface area contributed by atoms with Gasteiger partial charge in [0, 0.05) is 18.0 Å². The molecule has 1 aromatic rings. The fourth-order valence-electron chi connectivity index (χ4n) is 2.22. The lowest BCUT2D eigenvalue weighted by Crippen LogP contribution is -2.45. The van der Waals surface area contributed by atoms with E-state index in [1.807, 2.05) is 17.5 Å². The third kappa shape index (κ3) is 3.78. The van der Waals surface area contributed by atoms with Gasteiger partial charge in [-0.2, -0.15) is 0 Å². The molecule has 1 atom stereocenters. The van der Waals surface area contributed by atoms with Crippen molar-refractivity contribution >= 4 is 23.2 Å². The number of thiophene rings is 1. The van der Waals surface area contributed by atoms with Crippen LogP contribution in [0.25, 0.3) is 0 Å². The van der Waals surface area contributed by atoms with Gasteiger partial charge in [-0.25, -0.2) is 4.79 Å². The number of piperidine rings is 1. The number of likely N-dealkylation sites (tertiary alicyclic amines) is 1. The van der Waals surface area contributed by atoms with Gasteiger partial charge in [-0.05, 0) is 24.3 Å². The number of hydrogen-bond donors (Lipinski definition) is 2. The summed E-state index contributed by atoms with van der Waals surface area (Å²) in [6.45, 7) is 0.831. The molecule has 110 valence electrons. The van der Waals surface area contributed by atoms with Gasteiger partial charge in [-0.15, -0.1) is 11.3 Å². The Morgan fingerprint density at radius 1 is 1.50 bits per heavy atom. The van der Waals surface area contributed by atoms with E-state index in [-0.39, 0.29) is 18.6 Å². The van der Waals surface area contributed by atoms with E-state index in [9.17, 15) is 9.59 Å². The van der Waals surface area contributed by atoms with Crippen LogP contribution in [0.2, 0.25) is 0 Å². The molecule has 0 aliphatic carbocycles. The van der Waals surface area contributed by atoms with E-state index in [2.05, 4.69) is 0 Å². The maximum atomic E-state index is 12.2. The Balaban J connectivity index is 1.81. The normalized spacial score (nSPS) is 17.9. The van der Waals surface area contributed by atoms with Crippen LogP contribution in [-0.2, 0) is 14.3 Å². The van der Waals surface area contributed by atoms with Gasteiger partial charge in [0.2, 0.25) is 5.91 Å². The van der Waals surface area contributed by atoms with Crippen LogP contribution < -0.4 is 5.73 Å². The number of aliphatic carboxylic acids is 1. The largest absolute Gasteiger partial charge is 0.480 e. The van der Waals surface area contributed by atoms with Gasteiger partial charge < -0.3 is 20.5 Å². The zero-order chi connectivity index (χ0) is 14.5. The van der Waals surface area contributed by atoms with Crippen molar-refractivity contribution in [2.24, 2.45) is 5.73 Å². The molecule has 1 aliphatic rings. The number of amides is 1. The molecule has 0 aromatic carbocycles. The Morgan fingerprint density at radius 2 is 2.20 bits per heavy atom. The molecule has 1 aromatic heterocycles. The van der Waals surface area contributed by atoms with E-state index in [0.717, 1.165) is 4.88 Å². The molecular formula is C13H18N2O4S. The summed E-state index contributed by atoms with van der Waals surface area (Å²) >= 11 is 1.47. The van der Waals surface area contributed by atoms with Crippen molar-refractivity contribution in [3.05, 3.63) is 22.4 Å². The summed E-state index contributed by atoms with van der Waals surface area (Å²) in [5.74, 6) is -1.05. The number of ether oxygens (including phenoxy) is 1. The van der Waals surface area contributed by atoms with Gasteiger partial charge in [0.05, 0.1) is 6.10 Å². The number of carboxylic acids is 1. The monoisotopic (exact) mass is 298 g/mol. The predicted molar refractivity (Wildman–Crippen MR) is 74.4 cm³/mol. The Hall–Kier alpha value is -1.44. The maximum absolute atomic E-state index is 12.2. The lowest BCUT2D eigenvalue weighted by atomic mass is 10.1. The Morgan fingerprint density at radius 3 is 2.75 bits per heavy atom. The van der Waals surface area contributed by atoms with Gasteiger partial charge in [-0.1, -0.05) is 6.07 Å². The minimum atomic E-state index is -0.969. The molecule has 3 N–H and O–H groups in total. The van der Waals surface area contributed by atoms with Crippen LogP contribution in [0.4, 0.5) is 0 Å². The van der Waals surface area contributed by atoms with E-state index in [4.69, 9.17) is 15.6 Å². The average Bonchev–Trinajstić information content (AvgIpc) is 2.98. The van der Waals surface area contributed by atoms with E-state index in [1.54, 1.807) is 4.90 Å². The number of nitrogens with two attached hydrogens (primary N) is 1. The lowest BCUT2D eigenvalue weighted by molar-refractivity contribution is -0.147. The first-order valence-corrected chi connectivity index (χ1v) is 7.37. The van der Waals surface area contributed by atoms with Crippen LogP contribution in [0.15, 0.2) is 17.5 Å². The zero-order valence-corrected chi connectivity index (χ0v) is 11.8. The topological polar surface area (TPSA) is 92.9 Å². The smallest absolute Gasteiger partial charge is 0.329 e. The highest BCUT2D eigenvalue weighted by molar-refractivity contribution is 7.10. The Bertz CT molecular complexity index is 455. The third-order valence-electron chi connectivity index (χ3n) is 3.31. The van der Waals surface area contributed by atoms with E-state index in [1.165, 1.54) is 11.3 Å². The predicted octanol–water partition coefficient (Wildman–Crippen LogP) is 0.840. The summed E-state index contributed by atoms with van der Waals surface area (Å²) < 4.78 is 5.24. The third-order valence-corrected chi connectivity index (χ3v) is 4.27. The van der Waals surface area contributed by atoms with Crippen molar-refractivity contribution in [1.29, 1.82) is 0 Å². The van der Waals surface area contributed by atoms with Crippen molar-refractivity contribution < 1.29 is 19.4 Å². The molecule has 6 nitrogen and oxygen atoms in total. The molecule has 0 saturated carbocycles. The van der Waals surface area contributed by atoms with E-state index < -0.39 is 12.0 Å². The lowest BCUT2D eigenvalue weighted by Gasteiger charge is -2.33. The highest BCUT2D eigenvalue weighted by Crippen LogP contribution is 2.21. The average molecular weight is 298 g/mol. The van der Waals surface area contributed by atoms with Crippen molar-refractivity contribution in [3.8, 4) is 0 Å². The summed E-state index contributed by atoms with van der Waals surface area (Å²) in [7, 11) is 0. The fourth-order valence-corrected chi connectivity index (χ4v) is 2.94. The molecule has 0 spiro atoms. The van der Waals surface area contributed by atoms with E-state index in [0.29, 0.717) is 25.9 Å². The van der Waals surface area contributed by atoms with Gasteiger partial charge >= 0.3 is 5.97 Å². The number of hydrogen-bond acceptors (Lipinski definition) is 5. The minimum Gasteiger partial charge on any atom is -0.480 e. The fraction of sp³-hybridized carbons (Fsp3) is 0.538. The van der Waals surface area contributed by atoms with Crippen molar-refractivity contribution in [1.82, 2.24) is 4.90 Å². The number of carboxylic acid groups (broad SMARTS) is 1. The van der Waals surface area contributed by atoms with Crippen LogP contribution >= 0.6 is 11.3 Å². The molecule has 2 rings (SSSR count). The molecule has 1 aliphatic heterocycles. The second-order valence-electron chi connectivity index (χ2n) is 4.72. The molecule has 1 unspecified atom stereocenters. The zero-order valence-electron chi connectivity index (χ0n) is 11.0. The van der Waals surface area contributed by atoms with E-state index >= 15 is 0 Å². The SMILES string of the molecule is NC(C(=O)N1CCC(OCC(=O)O)CC1)c1cccs1. The minimum absolute atomic E-state index is 0.0795. The summed E-state index contributed by atoms with van der Waals surface area (Å²) in [5.41, 5.74) is 5.96. The summed E-state index contributed by atoms with van der Waals surface area (Å²) in [6, 6.07) is 3.13. The molecule has 1 amide bonds. The summed E-state index contributed by atoms with van der Waals surface area (Å²) in [5, 5.41) is 10.5. The van der Waals surface area contributed by atoms with Crippen LogP contribution in [0, 0.1) is 0 Å². The molecule has 20 heavy (non-hydrogen) atoms. The first-order chi connectivity index (χ1) is 9.58. The quantitative estimate of drug-likeness (QED) is 0.840. The number of rotatable bonds is 5. The molecule has 7 heteroatoms. The second kappa shape index (κ2) is 6.83. The molecule has 0 bridgehead atoms. The Labute approximate surface area is 121 Å². The first-order valence-electron chi connectivity index (χ1n) is 6.49. The van der Waals surface area contributed by atoms with Crippen molar-refractivity contribution in [2.45, 2.75) is 25.0 Å². The Kier molecular flexibility index (Phi) is 5.11. The first kappa shape index (κ1) is 15.0. The van der Waals surface area contributed by atoms with Crippen LogP contribution in [-0.4, -0.2) is 47.7 Å². The summed E-state index contributed by atoms with van der Waals surface area (Å²) in [4.78, 5) is 25.3. The molecular weight excluding hydrogens is 280 g/mol. The highest BCUT2D eigenvalue weighted by atomic mass is 32.1. The number of nitrogens with zero attached hydrogens (tertiary/aromatic N) is 1. The van der Waals surface area contributed by atoms with Crippen LogP contribution in [0.3, 0.4) is 0 Å². The van der Waals surface area contributed by atoms with Gasteiger partial charge in [0.1, 0.15) is 12.6 Å². The highest BCUT2D eigenvalue weighted by Gasteiger charge is 2.28. The van der Waals surface area contributed by atoms with Gasteiger partial charge in [-0.3, -0.25) is 4.79 Å². The maximum Gasteiger partial charge on any atom is 0.329 e. The standard InChI is InChI=1S/C13H18N2O4S/c14-12(10-2-1-7-20-10)13(18)15-5-3-9(4-6-15)19-8-11(16)17/h1-2,7,9,12H,3-6,8,14H2,(H,16,17).